The van der Waals surface area contributed by atoms with E-state index in [1.807, 2.05) is 30.5 Å². The number of halogens is 1. The van der Waals surface area contributed by atoms with Gasteiger partial charge >= 0.3 is 5.97 Å². The van der Waals surface area contributed by atoms with E-state index in [-0.39, 0.29) is 12.2 Å². The Labute approximate surface area is 204 Å². The molecule has 0 saturated heterocycles. The van der Waals surface area contributed by atoms with Crippen LogP contribution in [0.15, 0.2) is 56.8 Å². The van der Waals surface area contributed by atoms with Gasteiger partial charge in [0.25, 0.3) is 5.56 Å². The second-order valence-electron chi connectivity index (χ2n) is 7.32. The minimum absolute atomic E-state index is 0.212. The highest BCUT2D eigenvalue weighted by molar-refractivity contribution is 7.11. The molecular formula is C24H23ClN2O4S2. The number of nitrogens with zero attached hydrogens (tertiary/aromatic N) is 2. The minimum Gasteiger partial charge on any atom is -0.496 e. The van der Waals surface area contributed by atoms with Crippen LogP contribution in [0.1, 0.15) is 43.2 Å². The van der Waals surface area contributed by atoms with E-state index in [9.17, 15) is 9.59 Å². The maximum absolute atomic E-state index is 13.6. The van der Waals surface area contributed by atoms with E-state index in [0.717, 1.165) is 11.3 Å². The molecule has 3 aromatic rings. The summed E-state index contributed by atoms with van der Waals surface area (Å²) in [7, 11) is 1.55. The normalized spacial score (nSPS) is 15.9. The summed E-state index contributed by atoms with van der Waals surface area (Å²) >= 11 is 9.20. The molecule has 0 radical (unpaired) electrons. The summed E-state index contributed by atoms with van der Waals surface area (Å²) in [4.78, 5) is 33.1. The average molecular weight is 503 g/mol. The molecule has 0 N–H and O–H groups in total. The van der Waals surface area contributed by atoms with Crippen LogP contribution >= 0.6 is 34.3 Å². The van der Waals surface area contributed by atoms with Gasteiger partial charge in [-0.15, -0.1) is 11.3 Å². The summed E-state index contributed by atoms with van der Waals surface area (Å²) < 4.78 is 13.1. The molecule has 4 rings (SSSR count). The Hall–Kier alpha value is -2.68. The molecule has 1 aliphatic heterocycles. The fourth-order valence-corrected chi connectivity index (χ4v) is 5.76. The van der Waals surface area contributed by atoms with Crippen LogP contribution in [-0.2, 0) is 9.53 Å². The number of ether oxygens (including phenoxy) is 2. The lowest BCUT2D eigenvalue weighted by atomic mass is 9.93. The zero-order valence-electron chi connectivity index (χ0n) is 18.5. The molecule has 0 unspecified atom stereocenters. The first-order valence-corrected chi connectivity index (χ1v) is 12.6. The fraction of sp³-hybridized carbons (Fsp3) is 0.292. The standard InChI is InChI=1S/C24H23ClN2O4S2/c1-4-7-17-20(23(29)31-5-2)21(16-12-14(25)9-10-18(16)30-3)27-22(28)19(33-24(27)26-17)13-15-8-6-11-32-15/h6,8-13,21H,4-5,7H2,1-3H3/b19-13+/t21-/m1/s1. The van der Waals surface area contributed by atoms with Crippen molar-refractivity contribution in [2.24, 2.45) is 4.99 Å². The number of benzene rings is 1. The average Bonchev–Trinajstić information content (AvgIpc) is 3.41. The summed E-state index contributed by atoms with van der Waals surface area (Å²) in [6.45, 7) is 3.99. The van der Waals surface area contributed by atoms with Gasteiger partial charge in [0.1, 0.15) is 11.8 Å². The smallest absolute Gasteiger partial charge is 0.338 e. The van der Waals surface area contributed by atoms with Crippen LogP contribution in [0.25, 0.3) is 6.08 Å². The maximum Gasteiger partial charge on any atom is 0.338 e. The lowest BCUT2D eigenvalue weighted by Gasteiger charge is -2.27. The molecule has 0 fully saturated rings. The summed E-state index contributed by atoms with van der Waals surface area (Å²) in [6.07, 6.45) is 3.21. The molecular weight excluding hydrogens is 480 g/mol. The second-order valence-corrected chi connectivity index (χ2v) is 9.74. The Morgan fingerprint density at radius 1 is 1.30 bits per heavy atom. The monoisotopic (exact) mass is 502 g/mol. The van der Waals surface area contributed by atoms with Crippen molar-refractivity contribution >= 4 is 46.3 Å². The van der Waals surface area contributed by atoms with E-state index in [1.54, 1.807) is 48.1 Å². The molecule has 0 saturated carbocycles. The molecule has 2 aromatic heterocycles. The Morgan fingerprint density at radius 2 is 2.12 bits per heavy atom. The van der Waals surface area contributed by atoms with Crippen molar-refractivity contribution in [3.05, 3.63) is 82.1 Å². The number of methoxy groups -OCH3 is 1. The SMILES string of the molecule is CCCC1=C(C(=O)OCC)[C@@H](c2cc(Cl)ccc2OC)n2c(s/c(=C/c3cccs3)c2=O)=N1. The molecule has 0 amide bonds. The highest BCUT2D eigenvalue weighted by Gasteiger charge is 2.36. The van der Waals surface area contributed by atoms with Gasteiger partial charge < -0.3 is 9.47 Å². The quantitative estimate of drug-likeness (QED) is 0.452. The molecule has 33 heavy (non-hydrogen) atoms. The second kappa shape index (κ2) is 10.1. The van der Waals surface area contributed by atoms with E-state index >= 15 is 0 Å². The van der Waals surface area contributed by atoms with Crippen molar-refractivity contribution in [1.82, 2.24) is 4.57 Å². The lowest BCUT2D eigenvalue weighted by molar-refractivity contribution is -0.139. The Kier molecular flexibility index (Phi) is 7.17. The predicted octanol–water partition coefficient (Wildman–Crippen LogP) is 4.30. The number of fused-ring (bicyclic) bond motifs is 1. The van der Waals surface area contributed by atoms with Crippen molar-refractivity contribution in [1.29, 1.82) is 0 Å². The topological polar surface area (TPSA) is 69.9 Å². The van der Waals surface area contributed by atoms with Crippen molar-refractivity contribution in [2.75, 3.05) is 13.7 Å². The molecule has 6 nitrogen and oxygen atoms in total. The van der Waals surface area contributed by atoms with Crippen LogP contribution in [0, 0.1) is 0 Å². The number of allylic oxidation sites excluding steroid dienone is 1. The number of hydrogen-bond donors (Lipinski definition) is 0. The first kappa shape index (κ1) is 23.5. The van der Waals surface area contributed by atoms with E-state index in [0.29, 0.717) is 43.4 Å². The Morgan fingerprint density at radius 3 is 2.79 bits per heavy atom. The lowest BCUT2D eigenvalue weighted by Crippen LogP contribution is -2.40. The Bertz CT molecular complexity index is 1390. The minimum atomic E-state index is -0.763. The van der Waals surface area contributed by atoms with Crippen LogP contribution < -0.4 is 19.6 Å². The molecule has 1 aliphatic rings. The molecule has 172 valence electrons. The first-order chi connectivity index (χ1) is 16.0. The van der Waals surface area contributed by atoms with E-state index < -0.39 is 12.0 Å². The highest BCUT2D eigenvalue weighted by Crippen LogP contribution is 2.38. The largest absolute Gasteiger partial charge is 0.496 e. The van der Waals surface area contributed by atoms with Crippen LogP contribution in [0.2, 0.25) is 5.02 Å². The van der Waals surface area contributed by atoms with Crippen LogP contribution in [-0.4, -0.2) is 24.3 Å². The van der Waals surface area contributed by atoms with Gasteiger partial charge in [0.05, 0.1) is 29.5 Å². The van der Waals surface area contributed by atoms with Gasteiger partial charge in [-0.3, -0.25) is 9.36 Å². The van der Waals surface area contributed by atoms with Crippen LogP contribution in [0.5, 0.6) is 5.75 Å². The van der Waals surface area contributed by atoms with Gasteiger partial charge in [-0.25, -0.2) is 9.79 Å². The molecule has 1 aromatic carbocycles. The zero-order valence-corrected chi connectivity index (χ0v) is 20.9. The molecule has 0 spiro atoms. The number of thiazole rings is 1. The van der Waals surface area contributed by atoms with Crippen molar-refractivity contribution in [2.45, 2.75) is 32.7 Å². The number of thiophene rings is 1. The summed E-state index contributed by atoms with van der Waals surface area (Å²) in [5.74, 6) is 0.0287. The van der Waals surface area contributed by atoms with E-state index in [2.05, 4.69) is 0 Å². The molecule has 1 atom stereocenters. The molecule has 9 heteroatoms. The third kappa shape index (κ3) is 4.55. The van der Waals surface area contributed by atoms with Gasteiger partial charge in [0.2, 0.25) is 0 Å². The summed E-state index contributed by atoms with van der Waals surface area (Å²) in [6, 6.07) is 8.31. The predicted molar refractivity (Wildman–Crippen MR) is 132 cm³/mol. The van der Waals surface area contributed by atoms with Crippen molar-refractivity contribution in [3.8, 4) is 5.75 Å². The Balaban J connectivity index is 2.06. The van der Waals surface area contributed by atoms with E-state index in [1.165, 1.54) is 11.3 Å². The fourth-order valence-electron chi connectivity index (χ4n) is 3.84. The third-order valence-corrected chi connectivity index (χ3v) is 7.23. The number of carbonyl (C=O) groups excluding carboxylic acids is 1. The van der Waals surface area contributed by atoms with E-state index in [4.69, 9.17) is 26.1 Å². The molecule has 0 aliphatic carbocycles. The van der Waals surface area contributed by atoms with Gasteiger partial charge in [-0.1, -0.05) is 42.3 Å². The summed E-state index contributed by atoms with van der Waals surface area (Å²) in [5, 5.41) is 2.43. The first-order valence-electron chi connectivity index (χ1n) is 10.6. The zero-order chi connectivity index (χ0) is 23.5. The van der Waals surface area contributed by atoms with Crippen molar-refractivity contribution < 1.29 is 14.3 Å². The van der Waals surface area contributed by atoms with Gasteiger partial charge in [0, 0.05) is 15.5 Å². The molecule has 3 heterocycles. The third-order valence-electron chi connectivity index (χ3n) is 5.20. The number of hydrogen-bond acceptors (Lipinski definition) is 7. The van der Waals surface area contributed by atoms with Crippen LogP contribution in [0.3, 0.4) is 0 Å². The molecule has 0 bridgehead atoms. The van der Waals surface area contributed by atoms with Crippen LogP contribution in [0.4, 0.5) is 0 Å². The van der Waals surface area contributed by atoms with Gasteiger partial charge in [0.15, 0.2) is 4.80 Å². The van der Waals surface area contributed by atoms with Crippen molar-refractivity contribution in [3.63, 3.8) is 0 Å². The number of esters is 1. The maximum atomic E-state index is 13.6. The highest BCUT2D eigenvalue weighted by atomic mass is 35.5. The number of carbonyl (C=O) groups is 1. The number of rotatable bonds is 7. The summed E-state index contributed by atoms with van der Waals surface area (Å²) in [5.41, 5.74) is 1.35. The van der Waals surface area contributed by atoms with Gasteiger partial charge in [-0.2, -0.15) is 0 Å². The number of aromatic nitrogens is 1. The van der Waals surface area contributed by atoms with Gasteiger partial charge in [-0.05, 0) is 49.1 Å².